The van der Waals surface area contributed by atoms with Gasteiger partial charge in [0, 0.05) is 6.54 Å². The van der Waals surface area contributed by atoms with E-state index < -0.39 is 0 Å². The lowest BCUT2D eigenvalue weighted by molar-refractivity contribution is 0.610. The fourth-order valence-corrected chi connectivity index (χ4v) is 1.54. The first-order valence-corrected chi connectivity index (χ1v) is 5.60. The average molecular weight is 252 g/mol. The van der Waals surface area contributed by atoms with E-state index in [1.165, 1.54) is 6.07 Å². The van der Waals surface area contributed by atoms with Crippen LogP contribution in [0.2, 0.25) is 5.15 Å². The summed E-state index contributed by atoms with van der Waals surface area (Å²) < 4.78 is 13.3. The normalized spacial score (nSPS) is 10.2. The van der Waals surface area contributed by atoms with Gasteiger partial charge in [-0.1, -0.05) is 29.8 Å². The Bertz CT molecular complexity index is 487. The second-order valence-corrected chi connectivity index (χ2v) is 3.90. The molecule has 0 saturated carbocycles. The summed E-state index contributed by atoms with van der Waals surface area (Å²) >= 11 is 5.61. The summed E-state index contributed by atoms with van der Waals surface area (Å²) in [5, 5.41) is 10.9. The summed E-state index contributed by atoms with van der Waals surface area (Å²) in [6.07, 6.45) is 0.594. The van der Waals surface area contributed by atoms with Gasteiger partial charge in [-0.25, -0.2) is 4.39 Å². The maximum absolute atomic E-state index is 13.3. The molecule has 0 aliphatic rings. The zero-order chi connectivity index (χ0) is 12.1. The third kappa shape index (κ3) is 3.39. The number of aromatic nitrogens is 2. The molecule has 1 aromatic heterocycles. The van der Waals surface area contributed by atoms with Gasteiger partial charge in [0.05, 0.1) is 0 Å². The predicted molar refractivity (Wildman–Crippen MR) is 65.6 cm³/mol. The smallest absolute Gasteiger partial charge is 0.151 e. The molecule has 0 aliphatic carbocycles. The lowest BCUT2D eigenvalue weighted by atomic mass is 10.1. The molecule has 17 heavy (non-hydrogen) atoms. The molecular weight excluding hydrogens is 241 g/mol. The van der Waals surface area contributed by atoms with E-state index >= 15 is 0 Å². The van der Waals surface area contributed by atoms with E-state index in [2.05, 4.69) is 15.5 Å². The zero-order valence-corrected chi connectivity index (χ0v) is 9.78. The van der Waals surface area contributed by atoms with E-state index in [0.29, 0.717) is 29.5 Å². The Morgan fingerprint density at radius 1 is 1.12 bits per heavy atom. The first kappa shape index (κ1) is 11.8. The average Bonchev–Trinajstić information content (AvgIpc) is 2.34. The molecule has 5 heteroatoms. The summed E-state index contributed by atoms with van der Waals surface area (Å²) in [7, 11) is 0. The number of halogens is 2. The Morgan fingerprint density at radius 2 is 1.94 bits per heavy atom. The summed E-state index contributed by atoms with van der Waals surface area (Å²) in [5.74, 6) is 0.447. The van der Waals surface area contributed by atoms with Crippen molar-refractivity contribution >= 4 is 17.4 Å². The van der Waals surface area contributed by atoms with Crippen LogP contribution in [0.25, 0.3) is 0 Å². The minimum Gasteiger partial charge on any atom is -0.368 e. The molecule has 0 spiro atoms. The lowest BCUT2D eigenvalue weighted by Crippen LogP contribution is -2.07. The second kappa shape index (κ2) is 5.59. The SMILES string of the molecule is Fc1ccccc1CCNc1ccc(Cl)nn1. The van der Waals surface area contributed by atoms with E-state index in [4.69, 9.17) is 11.6 Å². The second-order valence-electron chi connectivity index (χ2n) is 3.51. The van der Waals surface area contributed by atoms with Gasteiger partial charge in [-0.3, -0.25) is 0 Å². The number of rotatable bonds is 4. The molecule has 0 amide bonds. The number of nitrogens with one attached hydrogen (secondary N) is 1. The van der Waals surface area contributed by atoms with E-state index in [1.807, 2.05) is 6.07 Å². The topological polar surface area (TPSA) is 37.8 Å². The molecule has 0 bridgehead atoms. The fourth-order valence-electron chi connectivity index (χ4n) is 1.44. The summed E-state index contributed by atoms with van der Waals surface area (Å²) in [6.45, 7) is 0.594. The van der Waals surface area contributed by atoms with Crippen LogP contribution in [0.1, 0.15) is 5.56 Å². The number of benzene rings is 1. The molecule has 0 radical (unpaired) electrons. The van der Waals surface area contributed by atoms with Crippen LogP contribution >= 0.6 is 11.6 Å². The Kier molecular flexibility index (Phi) is 3.88. The minimum atomic E-state index is -0.184. The van der Waals surface area contributed by atoms with Crippen molar-refractivity contribution in [1.29, 1.82) is 0 Å². The zero-order valence-electron chi connectivity index (χ0n) is 9.03. The van der Waals surface area contributed by atoms with Crippen molar-refractivity contribution in [2.45, 2.75) is 6.42 Å². The summed E-state index contributed by atoms with van der Waals surface area (Å²) in [5.41, 5.74) is 0.682. The predicted octanol–water partition coefficient (Wildman–Crippen LogP) is 2.92. The van der Waals surface area contributed by atoms with Crippen molar-refractivity contribution in [1.82, 2.24) is 10.2 Å². The molecule has 0 aliphatic heterocycles. The number of nitrogens with zero attached hydrogens (tertiary/aromatic N) is 2. The summed E-state index contributed by atoms with van der Waals surface area (Å²) in [6, 6.07) is 10.1. The number of hydrogen-bond acceptors (Lipinski definition) is 3. The minimum absolute atomic E-state index is 0.184. The van der Waals surface area contributed by atoms with Gasteiger partial charge in [0.15, 0.2) is 5.15 Å². The molecule has 2 aromatic rings. The maximum atomic E-state index is 13.3. The third-order valence-electron chi connectivity index (χ3n) is 2.29. The number of hydrogen-bond donors (Lipinski definition) is 1. The number of anilines is 1. The molecule has 3 nitrogen and oxygen atoms in total. The van der Waals surface area contributed by atoms with E-state index in [0.717, 1.165) is 0 Å². The van der Waals surface area contributed by atoms with Gasteiger partial charge in [0.2, 0.25) is 0 Å². The van der Waals surface area contributed by atoms with Crippen LogP contribution in [0.3, 0.4) is 0 Å². The molecule has 1 N–H and O–H groups in total. The fraction of sp³-hybridized carbons (Fsp3) is 0.167. The van der Waals surface area contributed by atoms with Crippen molar-refractivity contribution < 1.29 is 4.39 Å². The lowest BCUT2D eigenvalue weighted by Gasteiger charge is -2.05. The first-order valence-electron chi connectivity index (χ1n) is 5.22. The van der Waals surface area contributed by atoms with Crippen molar-refractivity contribution in [3.05, 3.63) is 52.9 Å². The molecule has 1 aromatic carbocycles. The third-order valence-corrected chi connectivity index (χ3v) is 2.49. The Labute approximate surface area is 104 Å². The highest BCUT2D eigenvalue weighted by atomic mass is 35.5. The van der Waals surface area contributed by atoms with Crippen molar-refractivity contribution in [2.75, 3.05) is 11.9 Å². The van der Waals surface area contributed by atoms with Gasteiger partial charge < -0.3 is 5.32 Å². The monoisotopic (exact) mass is 251 g/mol. The maximum Gasteiger partial charge on any atom is 0.151 e. The molecule has 1 heterocycles. The highest BCUT2D eigenvalue weighted by Gasteiger charge is 2.00. The quantitative estimate of drug-likeness (QED) is 0.908. The van der Waals surface area contributed by atoms with E-state index in [-0.39, 0.29) is 5.82 Å². The standard InChI is InChI=1S/C12H11ClFN3/c13-11-5-6-12(17-16-11)15-8-7-9-3-1-2-4-10(9)14/h1-6H,7-8H2,(H,15,17). The van der Waals surface area contributed by atoms with Crippen LogP contribution < -0.4 is 5.32 Å². The van der Waals surface area contributed by atoms with Crippen LogP contribution in [0.4, 0.5) is 10.2 Å². The molecule has 0 atom stereocenters. The van der Waals surface area contributed by atoms with Gasteiger partial charge in [-0.15, -0.1) is 10.2 Å². The highest BCUT2D eigenvalue weighted by molar-refractivity contribution is 6.29. The molecule has 2 rings (SSSR count). The Hall–Kier alpha value is -1.68. The van der Waals surface area contributed by atoms with Crippen LogP contribution in [0.5, 0.6) is 0 Å². The first-order chi connectivity index (χ1) is 8.25. The van der Waals surface area contributed by atoms with Crippen LogP contribution in [0.15, 0.2) is 36.4 Å². The van der Waals surface area contributed by atoms with Gasteiger partial charge in [0.25, 0.3) is 0 Å². The van der Waals surface area contributed by atoms with Crippen LogP contribution in [-0.2, 0) is 6.42 Å². The van der Waals surface area contributed by atoms with Gasteiger partial charge in [-0.2, -0.15) is 0 Å². The van der Waals surface area contributed by atoms with Gasteiger partial charge in [-0.05, 0) is 30.2 Å². The highest BCUT2D eigenvalue weighted by Crippen LogP contribution is 2.09. The Balaban J connectivity index is 1.88. The van der Waals surface area contributed by atoms with Crippen molar-refractivity contribution in [2.24, 2.45) is 0 Å². The molecule has 0 fully saturated rings. The van der Waals surface area contributed by atoms with Gasteiger partial charge >= 0.3 is 0 Å². The van der Waals surface area contributed by atoms with E-state index in [1.54, 1.807) is 24.3 Å². The Morgan fingerprint density at radius 3 is 2.65 bits per heavy atom. The van der Waals surface area contributed by atoms with E-state index in [9.17, 15) is 4.39 Å². The molecular formula is C12H11ClFN3. The molecule has 88 valence electrons. The largest absolute Gasteiger partial charge is 0.368 e. The molecule has 0 unspecified atom stereocenters. The van der Waals surface area contributed by atoms with Crippen LogP contribution in [0, 0.1) is 5.82 Å². The van der Waals surface area contributed by atoms with Crippen molar-refractivity contribution in [3.63, 3.8) is 0 Å². The van der Waals surface area contributed by atoms with Crippen LogP contribution in [-0.4, -0.2) is 16.7 Å². The van der Waals surface area contributed by atoms with Crippen molar-refractivity contribution in [3.8, 4) is 0 Å². The molecule has 0 saturated heterocycles. The van der Waals surface area contributed by atoms with Gasteiger partial charge in [0.1, 0.15) is 11.6 Å². The summed E-state index contributed by atoms with van der Waals surface area (Å²) in [4.78, 5) is 0.